The number of ether oxygens (including phenoxy) is 1. The van der Waals surface area contributed by atoms with Gasteiger partial charge in [0.1, 0.15) is 11.5 Å². The van der Waals surface area contributed by atoms with Gasteiger partial charge in [-0.25, -0.2) is 0 Å². The molecule has 0 spiro atoms. The number of nitrogens with zero attached hydrogens (tertiary/aromatic N) is 2. The van der Waals surface area contributed by atoms with Crippen LogP contribution in [-0.4, -0.2) is 61.5 Å². The zero-order valence-corrected chi connectivity index (χ0v) is 17.1. The molecule has 0 unspecified atom stereocenters. The topological polar surface area (TPSA) is 56.8 Å². The van der Waals surface area contributed by atoms with Crippen molar-refractivity contribution in [2.45, 2.75) is 25.4 Å². The Morgan fingerprint density at radius 3 is 2.31 bits per heavy atom. The molecule has 6 nitrogen and oxygen atoms in total. The smallest absolute Gasteiger partial charge is 0.241 e. The summed E-state index contributed by atoms with van der Waals surface area (Å²) in [4.78, 5) is 17.0. The molecule has 2 N–H and O–H groups in total. The van der Waals surface area contributed by atoms with Crippen molar-refractivity contribution in [1.29, 1.82) is 0 Å². The van der Waals surface area contributed by atoms with Crippen LogP contribution in [0.15, 0.2) is 48.5 Å². The van der Waals surface area contributed by atoms with Gasteiger partial charge < -0.3 is 20.3 Å². The summed E-state index contributed by atoms with van der Waals surface area (Å²) in [6, 6.07) is 15.8. The van der Waals surface area contributed by atoms with Crippen LogP contribution >= 0.6 is 0 Å². The van der Waals surface area contributed by atoms with Gasteiger partial charge in [0.2, 0.25) is 5.91 Å². The predicted molar refractivity (Wildman–Crippen MR) is 115 cm³/mol. The quantitative estimate of drug-likeness (QED) is 0.789. The minimum Gasteiger partial charge on any atom is -0.457 e. The van der Waals surface area contributed by atoms with E-state index >= 15 is 0 Å². The number of carbonyl (C=O) groups is 1. The van der Waals surface area contributed by atoms with Gasteiger partial charge in [-0.05, 0) is 68.4 Å². The number of rotatable bonds is 6. The molecular formula is C23H30N4O2. The van der Waals surface area contributed by atoms with Crippen molar-refractivity contribution >= 4 is 11.6 Å². The third-order valence-corrected chi connectivity index (χ3v) is 5.66. The maximum atomic E-state index is 12.2. The van der Waals surface area contributed by atoms with Crippen LogP contribution in [0, 0.1) is 0 Å². The van der Waals surface area contributed by atoms with E-state index in [9.17, 15) is 4.79 Å². The van der Waals surface area contributed by atoms with Gasteiger partial charge in [0.25, 0.3) is 0 Å². The first-order valence-corrected chi connectivity index (χ1v) is 10.5. The van der Waals surface area contributed by atoms with E-state index in [0.29, 0.717) is 0 Å². The molecule has 2 aromatic carbocycles. The second kappa shape index (κ2) is 9.39. The van der Waals surface area contributed by atoms with Gasteiger partial charge in [0.05, 0.1) is 6.04 Å². The minimum atomic E-state index is -0.0738. The Labute approximate surface area is 172 Å². The minimum absolute atomic E-state index is 0.0344. The number of hydrogen-bond donors (Lipinski definition) is 2. The fourth-order valence-corrected chi connectivity index (χ4v) is 3.81. The van der Waals surface area contributed by atoms with Crippen LogP contribution < -0.4 is 15.4 Å². The van der Waals surface area contributed by atoms with E-state index in [2.05, 4.69) is 39.6 Å². The molecule has 0 radical (unpaired) electrons. The van der Waals surface area contributed by atoms with Crippen LogP contribution in [0.3, 0.4) is 0 Å². The highest BCUT2D eigenvalue weighted by atomic mass is 16.5. The largest absolute Gasteiger partial charge is 0.457 e. The fraction of sp³-hybridized carbons (Fsp3) is 0.435. The predicted octanol–water partition coefficient (Wildman–Crippen LogP) is 2.92. The fourth-order valence-electron chi connectivity index (χ4n) is 3.81. The van der Waals surface area contributed by atoms with Crippen molar-refractivity contribution in [3.63, 3.8) is 0 Å². The lowest BCUT2D eigenvalue weighted by atomic mass is 10.2. The van der Waals surface area contributed by atoms with E-state index in [1.54, 1.807) is 0 Å². The zero-order chi connectivity index (χ0) is 20.1. The first-order valence-electron chi connectivity index (χ1n) is 10.5. The summed E-state index contributed by atoms with van der Waals surface area (Å²) in [6.45, 7) is 6.41. The van der Waals surface area contributed by atoms with Crippen LogP contribution in [0.5, 0.6) is 11.5 Å². The Morgan fingerprint density at radius 2 is 1.69 bits per heavy atom. The van der Waals surface area contributed by atoms with Gasteiger partial charge in [-0.2, -0.15) is 0 Å². The molecule has 2 fully saturated rings. The van der Waals surface area contributed by atoms with E-state index in [0.717, 1.165) is 69.3 Å². The highest BCUT2D eigenvalue weighted by Gasteiger charge is 2.21. The molecule has 0 saturated carbocycles. The van der Waals surface area contributed by atoms with Gasteiger partial charge in [0, 0.05) is 38.4 Å². The molecule has 1 amide bonds. The molecule has 0 aliphatic carbocycles. The van der Waals surface area contributed by atoms with Gasteiger partial charge in [-0.1, -0.05) is 12.1 Å². The van der Waals surface area contributed by atoms with Gasteiger partial charge in [0.15, 0.2) is 0 Å². The summed E-state index contributed by atoms with van der Waals surface area (Å²) in [6.07, 6.45) is 1.96. The van der Waals surface area contributed by atoms with Crippen molar-refractivity contribution in [3.8, 4) is 11.5 Å². The number of benzene rings is 2. The third-order valence-electron chi connectivity index (χ3n) is 5.66. The molecule has 2 saturated heterocycles. The van der Waals surface area contributed by atoms with E-state index in [1.165, 1.54) is 5.56 Å². The highest BCUT2D eigenvalue weighted by Crippen LogP contribution is 2.24. The van der Waals surface area contributed by atoms with Crippen molar-refractivity contribution in [2.75, 3.05) is 45.1 Å². The van der Waals surface area contributed by atoms with Crippen LogP contribution in [0.2, 0.25) is 0 Å². The Bertz CT molecular complexity index is 793. The Morgan fingerprint density at radius 1 is 1.03 bits per heavy atom. The van der Waals surface area contributed by atoms with Crippen molar-refractivity contribution < 1.29 is 9.53 Å². The molecule has 2 aliphatic heterocycles. The molecule has 4 rings (SSSR count). The second-order valence-corrected chi connectivity index (χ2v) is 7.99. The van der Waals surface area contributed by atoms with Crippen molar-refractivity contribution in [2.24, 2.45) is 0 Å². The van der Waals surface area contributed by atoms with Crippen LogP contribution in [0.25, 0.3) is 0 Å². The number of nitrogens with one attached hydrogen (secondary N) is 2. The molecule has 2 aliphatic rings. The summed E-state index contributed by atoms with van der Waals surface area (Å²) < 4.78 is 5.95. The van der Waals surface area contributed by atoms with Crippen molar-refractivity contribution in [3.05, 3.63) is 54.1 Å². The maximum absolute atomic E-state index is 12.2. The molecular weight excluding hydrogens is 364 g/mol. The normalized spacial score (nSPS) is 20.5. The summed E-state index contributed by atoms with van der Waals surface area (Å²) in [7, 11) is 2.18. The SMILES string of the molecule is CN1CCN(Cc2ccc(Oc3ccc(NC(=O)[C@@H]4CCCN4)cc3)cc2)CC1. The molecule has 2 aromatic rings. The lowest BCUT2D eigenvalue weighted by Crippen LogP contribution is -2.43. The van der Waals surface area contributed by atoms with E-state index in [4.69, 9.17) is 4.74 Å². The summed E-state index contributed by atoms with van der Waals surface area (Å²) in [5.41, 5.74) is 2.10. The molecule has 2 heterocycles. The second-order valence-electron chi connectivity index (χ2n) is 7.99. The average Bonchev–Trinajstić information content (AvgIpc) is 3.28. The first-order chi connectivity index (χ1) is 14.2. The Hall–Kier alpha value is -2.41. The Kier molecular flexibility index (Phi) is 6.44. The summed E-state index contributed by atoms with van der Waals surface area (Å²) in [5, 5.41) is 6.17. The highest BCUT2D eigenvalue weighted by molar-refractivity contribution is 5.95. The van der Waals surface area contributed by atoms with E-state index in [-0.39, 0.29) is 11.9 Å². The number of piperazine rings is 1. The molecule has 1 atom stereocenters. The number of likely N-dealkylation sites (N-methyl/N-ethyl adjacent to an activating group) is 1. The first kappa shape index (κ1) is 19.9. The number of carbonyl (C=O) groups excluding carboxylic acids is 1. The molecule has 0 aromatic heterocycles. The van der Waals surface area contributed by atoms with Crippen molar-refractivity contribution in [1.82, 2.24) is 15.1 Å². The standard InChI is InChI=1S/C23H30N4O2/c1-26-13-15-27(16-14-26)17-18-4-8-20(9-5-18)29-21-10-6-19(7-11-21)25-23(28)22-3-2-12-24-22/h4-11,22,24H,2-3,12-17H2,1H3,(H,25,28)/t22-/m0/s1. The van der Waals surface area contributed by atoms with Gasteiger partial charge in [-0.3, -0.25) is 9.69 Å². The van der Waals surface area contributed by atoms with Gasteiger partial charge >= 0.3 is 0 Å². The van der Waals surface area contributed by atoms with E-state index < -0.39 is 0 Å². The van der Waals surface area contributed by atoms with Gasteiger partial charge in [-0.15, -0.1) is 0 Å². The molecule has 154 valence electrons. The lowest BCUT2D eigenvalue weighted by Gasteiger charge is -2.32. The number of hydrogen-bond acceptors (Lipinski definition) is 5. The number of amides is 1. The lowest BCUT2D eigenvalue weighted by molar-refractivity contribution is -0.117. The average molecular weight is 395 g/mol. The molecule has 0 bridgehead atoms. The monoisotopic (exact) mass is 394 g/mol. The van der Waals surface area contributed by atoms with E-state index in [1.807, 2.05) is 36.4 Å². The van der Waals surface area contributed by atoms with Crippen LogP contribution in [-0.2, 0) is 11.3 Å². The van der Waals surface area contributed by atoms with Crippen LogP contribution in [0.4, 0.5) is 5.69 Å². The summed E-state index contributed by atoms with van der Waals surface area (Å²) >= 11 is 0. The molecule has 6 heteroatoms. The molecule has 29 heavy (non-hydrogen) atoms. The Balaban J connectivity index is 1.28. The third kappa shape index (κ3) is 5.56. The van der Waals surface area contributed by atoms with Crippen LogP contribution in [0.1, 0.15) is 18.4 Å². The maximum Gasteiger partial charge on any atom is 0.241 e. The zero-order valence-electron chi connectivity index (χ0n) is 17.1. The number of anilines is 1. The summed E-state index contributed by atoms with van der Waals surface area (Å²) in [5.74, 6) is 1.61.